The Morgan fingerprint density at radius 2 is 1.67 bits per heavy atom. The largest absolute Gasteiger partial charge is 0.481 e. The van der Waals surface area contributed by atoms with Crippen LogP contribution in [0.15, 0.2) is 48.5 Å². The van der Waals surface area contributed by atoms with E-state index in [4.69, 9.17) is 10.6 Å². The number of piperidine rings is 1. The fourth-order valence-corrected chi connectivity index (χ4v) is 4.14. The number of hydrazine groups is 1. The van der Waals surface area contributed by atoms with Crippen LogP contribution in [0, 0.1) is 5.92 Å². The Balaban J connectivity index is 1.50. The maximum absolute atomic E-state index is 12.6. The van der Waals surface area contributed by atoms with Crippen LogP contribution in [0.1, 0.15) is 29.9 Å². The normalized spacial score (nSPS) is 22.1. The summed E-state index contributed by atoms with van der Waals surface area (Å²) < 4.78 is 5.62. The van der Waals surface area contributed by atoms with E-state index in [0.717, 1.165) is 11.1 Å². The predicted molar refractivity (Wildman–Crippen MR) is 99.7 cm³/mol. The van der Waals surface area contributed by atoms with Crippen LogP contribution in [0.4, 0.5) is 0 Å². The number of rotatable bonds is 4. The lowest BCUT2D eigenvalue weighted by atomic mass is 9.92. The Labute approximate surface area is 157 Å². The zero-order valence-electron chi connectivity index (χ0n) is 14.9. The van der Waals surface area contributed by atoms with Gasteiger partial charge in [-0.25, -0.2) is 5.01 Å². The van der Waals surface area contributed by atoms with Gasteiger partial charge in [-0.15, -0.1) is 0 Å². The molecule has 0 radical (unpaired) electrons. The molecule has 1 heterocycles. The summed E-state index contributed by atoms with van der Waals surface area (Å²) in [6, 6.07) is 15.5. The molecule has 140 valence electrons. The lowest BCUT2D eigenvalue weighted by Crippen LogP contribution is -2.52. The van der Waals surface area contributed by atoms with E-state index in [9.17, 15) is 14.7 Å². The van der Waals surface area contributed by atoms with Gasteiger partial charge in [0.25, 0.3) is 0 Å². The summed E-state index contributed by atoms with van der Waals surface area (Å²) in [7, 11) is 0. The molecule has 2 aliphatic rings. The summed E-state index contributed by atoms with van der Waals surface area (Å²) in [6.07, 6.45) is 0.626. The van der Waals surface area contributed by atoms with Gasteiger partial charge in [0.15, 0.2) is 0 Å². The van der Waals surface area contributed by atoms with Crippen molar-refractivity contribution < 1.29 is 19.4 Å². The molecule has 2 unspecified atom stereocenters. The molecule has 6 heteroatoms. The highest BCUT2D eigenvalue weighted by molar-refractivity contribution is 5.80. The Bertz CT molecular complexity index is 836. The molecule has 6 nitrogen and oxygen atoms in total. The number of carbonyl (C=O) groups excluding carboxylic acids is 1. The molecule has 1 aliphatic heterocycles. The average molecular weight is 366 g/mol. The lowest BCUT2D eigenvalue weighted by molar-refractivity contribution is -0.155. The van der Waals surface area contributed by atoms with E-state index in [-0.39, 0.29) is 18.9 Å². The van der Waals surface area contributed by atoms with Crippen LogP contribution in [-0.2, 0) is 14.3 Å². The van der Waals surface area contributed by atoms with Gasteiger partial charge in [0.05, 0.1) is 5.92 Å². The van der Waals surface area contributed by atoms with Crippen LogP contribution in [0.25, 0.3) is 11.1 Å². The number of ether oxygens (including phenoxy) is 1. The predicted octanol–water partition coefficient (Wildman–Crippen LogP) is 2.38. The van der Waals surface area contributed by atoms with Gasteiger partial charge in [-0.3, -0.25) is 15.4 Å². The second kappa shape index (κ2) is 7.13. The number of esters is 1. The number of nitrogens with zero attached hydrogens (tertiary/aromatic N) is 1. The smallest absolute Gasteiger partial charge is 0.324 e. The van der Waals surface area contributed by atoms with Crippen LogP contribution in [0.2, 0.25) is 0 Å². The molecule has 0 saturated carbocycles. The number of hydrogen-bond acceptors (Lipinski definition) is 5. The highest BCUT2D eigenvalue weighted by atomic mass is 16.5. The monoisotopic (exact) mass is 366 g/mol. The van der Waals surface area contributed by atoms with E-state index >= 15 is 0 Å². The second-order valence-corrected chi connectivity index (χ2v) is 7.17. The zero-order valence-corrected chi connectivity index (χ0v) is 14.9. The summed E-state index contributed by atoms with van der Waals surface area (Å²) in [4.78, 5) is 23.9. The summed E-state index contributed by atoms with van der Waals surface area (Å²) in [5.74, 6) is 3.99. The number of benzene rings is 2. The minimum Gasteiger partial charge on any atom is -0.481 e. The molecule has 3 N–H and O–H groups in total. The number of nitrogens with two attached hydrogens (primary N) is 1. The Morgan fingerprint density at radius 1 is 1.07 bits per heavy atom. The first-order valence-electron chi connectivity index (χ1n) is 9.15. The number of carbonyl (C=O) groups is 2. The summed E-state index contributed by atoms with van der Waals surface area (Å²) in [5.41, 5.74) is 4.61. The van der Waals surface area contributed by atoms with E-state index in [0.29, 0.717) is 13.0 Å². The van der Waals surface area contributed by atoms with Gasteiger partial charge in [0.1, 0.15) is 12.6 Å². The Morgan fingerprint density at radius 3 is 2.26 bits per heavy atom. The van der Waals surface area contributed by atoms with Crippen molar-refractivity contribution in [1.82, 2.24) is 5.01 Å². The highest BCUT2D eigenvalue weighted by Crippen LogP contribution is 2.44. The minimum atomic E-state index is -0.889. The van der Waals surface area contributed by atoms with Gasteiger partial charge in [0, 0.05) is 12.5 Å². The van der Waals surface area contributed by atoms with Crippen LogP contribution in [0.5, 0.6) is 0 Å². The Kier molecular flexibility index (Phi) is 4.68. The van der Waals surface area contributed by atoms with Crippen molar-refractivity contribution in [2.45, 2.75) is 24.8 Å². The van der Waals surface area contributed by atoms with Gasteiger partial charge in [-0.1, -0.05) is 48.5 Å². The van der Waals surface area contributed by atoms with Crippen molar-refractivity contribution in [3.05, 3.63) is 59.7 Å². The number of aliphatic carboxylic acids is 1. The molecule has 0 bridgehead atoms. The third-order valence-electron chi connectivity index (χ3n) is 5.62. The fourth-order valence-electron chi connectivity index (χ4n) is 4.14. The third kappa shape index (κ3) is 3.22. The molecule has 1 saturated heterocycles. The molecule has 27 heavy (non-hydrogen) atoms. The molecule has 1 aliphatic carbocycles. The third-order valence-corrected chi connectivity index (χ3v) is 5.62. The SMILES string of the molecule is NN1CCC(C(=O)O)CC1C(=O)OCC1c2ccccc2-c2ccccc21. The molecule has 2 aromatic rings. The standard InChI is InChI=1S/C21H22N2O4/c22-23-10-9-13(20(24)25)11-19(23)21(26)27-12-18-16-7-3-1-5-14(16)15-6-2-4-8-17(15)18/h1-8,13,18-19H,9-12,22H2,(H,24,25). The van der Waals surface area contributed by atoms with Crippen molar-refractivity contribution in [2.75, 3.05) is 13.2 Å². The summed E-state index contributed by atoms with van der Waals surface area (Å²) in [5, 5.41) is 10.6. The number of hydrogen-bond donors (Lipinski definition) is 2. The Hall–Kier alpha value is -2.70. The first-order valence-corrected chi connectivity index (χ1v) is 9.15. The van der Waals surface area contributed by atoms with E-state index in [1.165, 1.54) is 16.1 Å². The van der Waals surface area contributed by atoms with Crippen LogP contribution < -0.4 is 5.84 Å². The van der Waals surface area contributed by atoms with Gasteiger partial charge < -0.3 is 9.84 Å². The molecule has 4 rings (SSSR count). The zero-order chi connectivity index (χ0) is 19.0. The highest BCUT2D eigenvalue weighted by Gasteiger charge is 2.37. The van der Waals surface area contributed by atoms with Crippen LogP contribution in [-0.4, -0.2) is 41.2 Å². The topological polar surface area (TPSA) is 92.9 Å². The van der Waals surface area contributed by atoms with Crippen LogP contribution >= 0.6 is 0 Å². The van der Waals surface area contributed by atoms with Crippen molar-refractivity contribution in [3.63, 3.8) is 0 Å². The van der Waals surface area contributed by atoms with Crippen LogP contribution in [0.3, 0.4) is 0 Å². The van der Waals surface area contributed by atoms with Gasteiger partial charge in [-0.05, 0) is 35.1 Å². The van der Waals surface area contributed by atoms with E-state index in [1.54, 1.807) is 0 Å². The maximum Gasteiger partial charge on any atom is 0.324 e. The van der Waals surface area contributed by atoms with Gasteiger partial charge in [0.2, 0.25) is 0 Å². The van der Waals surface area contributed by atoms with Crippen molar-refractivity contribution >= 4 is 11.9 Å². The van der Waals surface area contributed by atoms with Crippen molar-refractivity contribution in [2.24, 2.45) is 11.8 Å². The quantitative estimate of drug-likeness (QED) is 0.637. The number of carboxylic acids is 1. The van der Waals surface area contributed by atoms with E-state index in [2.05, 4.69) is 24.3 Å². The van der Waals surface area contributed by atoms with Gasteiger partial charge in [-0.2, -0.15) is 0 Å². The van der Waals surface area contributed by atoms with Gasteiger partial charge >= 0.3 is 11.9 Å². The lowest BCUT2D eigenvalue weighted by Gasteiger charge is -2.33. The molecule has 0 aromatic heterocycles. The molecule has 2 atom stereocenters. The summed E-state index contributed by atoms with van der Waals surface area (Å²) in [6.45, 7) is 0.584. The first kappa shape index (κ1) is 17.7. The molecule has 0 amide bonds. The fraction of sp³-hybridized carbons (Fsp3) is 0.333. The minimum absolute atomic E-state index is 0.0218. The molecule has 2 aromatic carbocycles. The van der Waals surface area contributed by atoms with E-state index in [1.807, 2.05) is 24.3 Å². The van der Waals surface area contributed by atoms with E-state index < -0.39 is 23.9 Å². The van der Waals surface area contributed by atoms with Crippen molar-refractivity contribution in [1.29, 1.82) is 0 Å². The summed E-state index contributed by atoms with van der Waals surface area (Å²) >= 11 is 0. The average Bonchev–Trinajstić information content (AvgIpc) is 3.00. The van der Waals surface area contributed by atoms with Crippen molar-refractivity contribution in [3.8, 4) is 11.1 Å². The number of carboxylic acid groups (broad SMARTS) is 1. The molecule has 0 spiro atoms. The maximum atomic E-state index is 12.6. The molecule has 1 fully saturated rings. The first-order chi connectivity index (χ1) is 13.1. The number of fused-ring (bicyclic) bond motifs is 3. The molecular weight excluding hydrogens is 344 g/mol. The molecular formula is C21H22N2O4. The second-order valence-electron chi connectivity index (χ2n) is 7.17.